The van der Waals surface area contributed by atoms with Crippen LogP contribution in [-0.4, -0.2) is 84.4 Å². The fourth-order valence-electron chi connectivity index (χ4n) is 2.60. The number of nitrogens with one attached hydrogen (secondary N) is 1. The summed E-state index contributed by atoms with van der Waals surface area (Å²) in [6.07, 6.45) is -0.191. The molecule has 2 aliphatic rings. The molecule has 2 fully saturated rings. The summed E-state index contributed by atoms with van der Waals surface area (Å²) in [4.78, 5) is 4.78. The molecular weight excluding hydrogens is 234 g/mol. The summed E-state index contributed by atoms with van der Waals surface area (Å²) in [6, 6.07) is 0. The molecule has 0 saturated carbocycles. The van der Waals surface area contributed by atoms with E-state index in [0.717, 1.165) is 57.6 Å². The number of piperazine rings is 1. The molecule has 0 spiro atoms. The molecular formula is C12H25N3OS. The van der Waals surface area contributed by atoms with Crippen LogP contribution in [0, 0.1) is 0 Å². The van der Waals surface area contributed by atoms with Gasteiger partial charge in [-0.3, -0.25) is 9.80 Å². The fourth-order valence-corrected chi connectivity index (χ4v) is 3.69. The van der Waals surface area contributed by atoms with Gasteiger partial charge in [-0.15, -0.1) is 0 Å². The Kier molecular flexibility index (Phi) is 5.56. The van der Waals surface area contributed by atoms with Crippen molar-refractivity contribution in [3.05, 3.63) is 0 Å². The molecule has 0 aliphatic carbocycles. The summed E-state index contributed by atoms with van der Waals surface area (Å²) in [5, 5.41) is 14.2. The summed E-state index contributed by atoms with van der Waals surface area (Å²) in [7, 11) is 0. The molecule has 0 radical (unpaired) electrons. The first-order valence-corrected chi connectivity index (χ1v) is 7.74. The molecule has 4 nitrogen and oxygen atoms in total. The van der Waals surface area contributed by atoms with Crippen LogP contribution in [0.2, 0.25) is 0 Å². The van der Waals surface area contributed by atoms with Gasteiger partial charge in [0.2, 0.25) is 0 Å². The Hall–Kier alpha value is 0.190. The predicted octanol–water partition coefficient (Wildman–Crippen LogP) is -0.310. The van der Waals surface area contributed by atoms with Crippen LogP contribution in [0.25, 0.3) is 0 Å². The van der Waals surface area contributed by atoms with E-state index in [0.29, 0.717) is 0 Å². The number of rotatable bonds is 4. The Morgan fingerprint density at radius 3 is 2.65 bits per heavy atom. The first-order chi connectivity index (χ1) is 8.24. The Morgan fingerprint density at radius 1 is 1.24 bits per heavy atom. The van der Waals surface area contributed by atoms with Gasteiger partial charge >= 0.3 is 0 Å². The van der Waals surface area contributed by atoms with Crippen molar-refractivity contribution >= 4 is 11.8 Å². The molecule has 2 rings (SSSR count). The lowest BCUT2D eigenvalue weighted by Gasteiger charge is -2.34. The molecule has 2 aliphatic heterocycles. The van der Waals surface area contributed by atoms with Crippen LogP contribution in [-0.2, 0) is 0 Å². The molecule has 0 aromatic carbocycles. The van der Waals surface area contributed by atoms with E-state index in [9.17, 15) is 5.11 Å². The van der Waals surface area contributed by atoms with Crippen molar-refractivity contribution in [3.63, 3.8) is 0 Å². The van der Waals surface area contributed by atoms with Crippen LogP contribution in [0.3, 0.4) is 0 Å². The third-order valence-electron chi connectivity index (χ3n) is 3.47. The maximum atomic E-state index is 10.1. The molecule has 2 saturated heterocycles. The van der Waals surface area contributed by atoms with Crippen molar-refractivity contribution in [2.75, 3.05) is 58.1 Å². The highest BCUT2D eigenvalue weighted by Crippen LogP contribution is 2.17. The van der Waals surface area contributed by atoms with Gasteiger partial charge in [0.25, 0.3) is 0 Å². The van der Waals surface area contributed by atoms with Crippen molar-refractivity contribution in [1.29, 1.82) is 0 Å². The van der Waals surface area contributed by atoms with Gasteiger partial charge in [-0.05, 0) is 0 Å². The average Bonchev–Trinajstić information content (AvgIpc) is 2.30. The average molecular weight is 259 g/mol. The van der Waals surface area contributed by atoms with E-state index >= 15 is 0 Å². The molecule has 0 aromatic heterocycles. The molecule has 5 heteroatoms. The van der Waals surface area contributed by atoms with Crippen LogP contribution in [0.5, 0.6) is 0 Å². The van der Waals surface area contributed by atoms with E-state index in [1.54, 1.807) is 0 Å². The number of hydrogen-bond acceptors (Lipinski definition) is 5. The molecule has 2 heterocycles. The molecule has 17 heavy (non-hydrogen) atoms. The minimum atomic E-state index is -0.191. The lowest BCUT2D eigenvalue weighted by Crippen LogP contribution is -2.49. The number of aliphatic hydroxyl groups excluding tert-OH is 1. The number of aliphatic hydroxyl groups is 1. The van der Waals surface area contributed by atoms with E-state index in [4.69, 9.17) is 0 Å². The van der Waals surface area contributed by atoms with Gasteiger partial charge in [0.1, 0.15) is 0 Å². The predicted molar refractivity (Wildman–Crippen MR) is 73.7 cm³/mol. The second-order valence-electron chi connectivity index (χ2n) is 5.15. The summed E-state index contributed by atoms with van der Waals surface area (Å²) in [5.41, 5.74) is 0. The highest BCUT2D eigenvalue weighted by molar-refractivity contribution is 7.99. The van der Waals surface area contributed by atoms with Gasteiger partial charge < -0.3 is 10.4 Å². The lowest BCUT2D eigenvalue weighted by atomic mass is 10.2. The number of hydrogen-bond donors (Lipinski definition) is 2. The SMILES string of the molecule is CC1CN(CC(O)CN2CCNCC2)CCS1. The molecule has 2 atom stereocenters. The molecule has 2 unspecified atom stereocenters. The second kappa shape index (κ2) is 6.95. The maximum absolute atomic E-state index is 10.1. The summed E-state index contributed by atoms with van der Waals surface area (Å²) in [5.74, 6) is 1.21. The topological polar surface area (TPSA) is 38.7 Å². The standard InChI is InChI=1S/C12H25N3OS/c1-11-8-15(6-7-17-11)10-12(16)9-14-4-2-13-3-5-14/h11-13,16H,2-10H2,1H3. The van der Waals surface area contributed by atoms with Crippen LogP contribution < -0.4 is 5.32 Å². The van der Waals surface area contributed by atoms with Gasteiger partial charge in [0, 0.05) is 63.4 Å². The van der Waals surface area contributed by atoms with Crippen molar-refractivity contribution in [2.45, 2.75) is 18.3 Å². The second-order valence-corrected chi connectivity index (χ2v) is 6.69. The van der Waals surface area contributed by atoms with E-state index < -0.39 is 0 Å². The summed E-state index contributed by atoms with van der Waals surface area (Å²) < 4.78 is 0. The van der Waals surface area contributed by atoms with Crippen molar-refractivity contribution in [3.8, 4) is 0 Å². The number of β-amino-alcohol motifs (C(OH)–C–C–N with tert-alkyl or cyclic N) is 1. The van der Waals surface area contributed by atoms with E-state index in [1.165, 1.54) is 5.75 Å². The quantitative estimate of drug-likeness (QED) is 0.725. The van der Waals surface area contributed by atoms with Crippen LogP contribution in [0.4, 0.5) is 0 Å². The molecule has 2 N–H and O–H groups in total. The van der Waals surface area contributed by atoms with Crippen molar-refractivity contribution in [2.24, 2.45) is 0 Å². The highest BCUT2D eigenvalue weighted by atomic mass is 32.2. The zero-order valence-electron chi connectivity index (χ0n) is 10.8. The first kappa shape index (κ1) is 13.6. The number of nitrogens with zero attached hydrogens (tertiary/aromatic N) is 2. The minimum absolute atomic E-state index is 0.191. The molecule has 0 bridgehead atoms. The maximum Gasteiger partial charge on any atom is 0.0793 e. The zero-order valence-corrected chi connectivity index (χ0v) is 11.6. The van der Waals surface area contributed by atoms with E-state index in [2.05, 4.69) is 22.0 Å². The number of thioether (sulfide) groups is 1. The minimum Gasteiger partial charge on any atom is -0.390 e. The Labute approximate surface area is 109 Å². The fraction of sp³-hybridized carbons (Fsp3) is 1.00. The first-order valence-electron chi connectivity index (χ1n) is 6.69. The van der Waals surface area contributed by atoms with Gasteiger partial charge in [0.05, 0.1) is 6.10 Å². The summed E-state index contributed by atoms with van der Waals surface area (Å²) >= 11 is 2.04. The van der Waals surface area contributed by atoms with E-state index in [-0.39, 0.29) is 6.10 Å². The molecule has 100 valence electrons. The largest absolute Gasteiger partial charge is 0.390 e. The highest BCUT2D eigenvalue weighted by Gasteiger charge is 2.21. The van der Waals surface area contributed by atoms with Gasteiger partial charge in [0.15, 0.2) is 0 Å². The summed E-state index contributed by atoms with van der Waals surface area (Å²) in [6.45, 7) is 10.5. The van der Waals surface area contributed by atoms with E-state index in [1.807, 2.05) is 11.8 Å². The van der Waals surface area contributed by atoms with Gasteiger partial charge in [-0.25, -0.2) is 0 Å². The Bertz CT molecular complexity index is 224. The third kappa shape index (κ3) is 4.75. The van der Waals surface area contributed by atoms with Crippen LogP contribution in [0.1, 0.15) is 6.92 Å². The smallest absolute Gasteiger partial charge is 0.0793 e. The van der Waals surface area contributed by atoms with Gasteiger partial charge in [-0.1, -0.05) is 6.92 Å². The van der Waals surface area contributed by atoms with Crippen molar-refractivity contribution < 1.29 is 5.11 Å². The zero-order chi connectivity index (χ0) is 12.1. The van der Waals surface area contributed by atoms with Gasteiger partial charge in [-0.2, -0.15) is 11.8 Å². The Morgan fingerprint density at radius 2 is 1.94 bits per heavy atom. The van der Waals surface area contributed by atoms with Crippen molar-refractivity contribution in [1.82, 2.24) is 15.1 Å². The molecule has 0 amide bonds. The molecule has 0 aromatic rings. The third-order valence-corrected chi connectivity index (χ3v) is 4.61. The van der Waals surface area contributed by atoms with Crippen LogP contribution in [0.15, 0.2) is 0 Å². The Balaban J connectivity index is 1.66. The normalized spacial score (nSPS) is 30.4. The monoisotopic (exact) mass is 259 g/mol. The lowest BCUT2D eigenvalue weighted by molar-refractivity contribution is 0.0708. The van der Waals surface area contributed by atoms with Crippen LogP contribution >= 0.6 is 11.8 Å².